The third kappa shape index (κ3) is 5.17. The van der Waals surface area contributed by atoms with Gasteiger partial charge in [-0.1, -0.05) is 18.2 Å². The fourth-order valence-corrected chi connectivity index (χ4v) is 4.15. The van der Waals surface area contributed by atoms with Crippen LogP contribution in [-0.2, 0) is 13.0 Å². The number of hydrogen-bond acceptors (Lipinski definition) is 6. The molecule has 2 aliphatic heterocycles. The van der Waals surface area contributed by atoms with E-state index in [0.717, 1.165) is 44.0 Å². The molecule has 3 aromatic rings. The highest BCUT2D eigenvalue weighted by Crippen LogP contribution is 2.32. The van der Waals surface area contributed by atoms with Crippen molar-refractivity contribution < 1.29 is 18.3 Å². The van der Waals surface area contributed by atoms with E-state index in [1.54, 1.807) is 4.90 Å². The van der Waals surface area contributed by atoms with Crippen LogP contribution in [0.15, 0.2) is 48.5 Å². The molecule has 0 unspecified atom stereocenters. The van der Waals surface area contributed by atoms with Crippen molar-refractivity contribution >= 4 is 17.7 Å². The van der Waals surface area contributed by atoms with Crippen molar-refractivity contribution in [3.8, 4) is 11.6 Å². The molecule has 0 spiro atoms. The molecule has 0 saturated carbocycles. The van der Waals surface area contributed by atoms with Crippen LogP contribution in [0.2, 0.25) is 0 Å². The minimum absolute atomic E-state index is 0.125. The van der Waals surface area contributed by atoms with E-state index in [-0.39, 0.29) is 24.2 Å². The van der Waals surface area contributed by atoms with Crippen LogP contribution >= 0.6 is 0 Å². The quantitative estimate of drug-likeness (QED) is 0.611. The second kappa shape index (κ2) is 9.83. The predicted molar refractivity (Wildman–Crippen MR) is 128 cm³/mol. The predicted octanol–water partition coefficient (Wildman–Crippen LogP) is 3.89. The summed E-state index contributed by atoms with van der Waals surface area (Å²) in [7, 11) is 2.07. The van der Waals surface area contributed by atoms with Crippen molar-refractivity contribution in [2.75, 3.05) is 50.0 Å². The Kier molecular flexibility index (Phi) is 6.45. The number of aromatic nitrogens is 2. The van der Waals surface area contributed by atoms with Gasteiger partial charge in [0.15, 0.2) is 11.6 Å². The Morgan fingerprint density at radius 1 is 0.971 bits per heavy atom. The molecule has 8 nitrogen and oxygen atoms in total. The van der Waals surface area contributed by atoms with Crippen LogP contribution in [-0.4, -0.2) is 65.6 Å². The number of likely N-dealkylation sites (N-methyl/N-ethyl adjacent to an activating group) is 1. The van der Waals surface area contributed by atoms with E-state index in [1.807, 2.05) is 30.3 Å². The zero-order valence-electron chi connectivity index (χ0n) is 19.4. The topological polar surface area (TPSA) is 73.8 Å². The maximum absolute atomic E-state index is 13.8. The molecule has 35 heavy (non-hydrogen) atoms. The van der Waals surface area contributed by atoms with E-state index in [9.17, 15) is 13.6 Å². The molecule has 0 aliphatic carbocycles. The fraction of sp³-hybridized carbons (Fsp3) is 0.320. The number of carbonyl (C=O) groups excluding carboxylic acids is 1. The third-order valence-corrected chi connectivity index (χ3v) is 6.21. The van der Waals surface area contributed by atoms with Crippen molar-refractivity contribution in [1.29, 1.82) is 0 Å². The van der Waals surface area contributed by atoms with Crippen LogP contribution in [0.3, 0.4) is 0 Å². The van der Waals surface area contributed by atoms with E-state index in [0.29, 0.717) is 30.2 Å². The second-order valence-corrected chi connectivity index (χ2v) is 8.69. The first kappa shape index (κ1) is 23.0. The molecule has 2 aromatic carbocycles. The molecule has 182 valence electrons. The average molecular weight is 481 g/mol. The highest BCUT2D eigenvalue weighted by molar-refractivity contribution is 5.89. The highest BCUT2D eigenvalue weighted by Gasteiger charge is 2.28. The first-order chi connectivity index (χ1) is 17.0. The number of rotatable bonds is 4. The van der Waals surface area contributed by atoms with Crippen LogP contribution in [0, 0.1) is 11.6 Å². The minimum Gasteiger partial charge on any atom is -0.438 e. The van der Waals surface area contributed by atoms with E-state index in [2.05, 4.69) is 27.1 Å². The number of carbonyl (C=O) groups is 1. The number of benzene rings is 2. The second-order valence-electron chi connectivity index (χ2n) is 8.69. The molecule has 0 atom stereocenters. The maximum atomic E-state index is 13.8. The van der Waals surface area contributed by atoms with Crippen LogP contribution in [0.5, 0.6) is 11.6 Å². The molecular weight excluding hydrogens is 454 g/mol. The number of hydrogen-bond donors (Lipinski definition) is 1. The smallest absolute Gasteiger partial charge is 0.322 e. The van der Waals surface area contributed by atoms with Gasteiger partial charge in [-0.15, -0.1) is 0 Å². The molecule has 1 fully saturated rings. The van der Waals surface area contributed by atoms with Crippen molar-refractivity contribution in [3.63, 3.8) is 0 Å². The van der Waals surface area contributed by atoms with Gasteiger partial charge in [-0.3, -0.25) is 0 Å². The molecule has 0 bridgehead atoms. The van der Waals surface area contributed by atoms with E-state index < -0.39 is 11.6 Å². The number of fused-ring (bicyclic) bond motifs is 1. The highest BCUT2D eigenvalue weighted by atomic mass is 19.2. The lowest BCUT2D eigenvalue weighted by Crippen LogP contribution is -2.45. The summed E-state index contributed by atoms with van der Waals surface area (Å²) >= 11 is 0. The zero-order chi connectivity index (χ0) is 24.4. The lowest BCUT2D eigenvalue weighted by molar-refractivity contribution is 0.205. The number of piperazine rings is 1. The summed E-state index contributed by atoms with van der Waals surface area (Å²) in [5.74, 6) is -1.05. The molecule has 3 heterocycles. The van der Waals surface area contributed by atoms with Gasteiger partial charge in [-0.05, 0) is 31.3 Å². The Morgan fingerprint density at radius 2 is 1.74 bits per heavy atom. The normalized spacial score (nSPS) is 16.1. The van der Waals surface area contributed by atoms with Gasteiger partial charge in [-0.25, -0.2) is 18.6 Å². The minimum atomic E-state index is -1.01. The van der Waals surface area contributed by atoms with Crippen molar-refractivity contribution in [2.24, 2.45) is 0 Å². The summed E-state index contributed by atoms with van der Waals surface area (Å²) in [6.07, 6.45) is 0.523. The lowest BCUT2D eigenvalue weighted by Gasteiger charge is -2.34. The SMILES string of the molecule is CN1CCN(c2nc3c(c(Oc4ccc(F)c(F)c4)n2)CN(C(=O)Nc2ccccc2)CC3)CC1. The molecule has 1 saturated heterocycles. The first-order valence-corrected chi connectivity index (χ1v) is 11.5. The number of urea groups is 1. The van der Waals surface area contributed by atoms with Gasteiger partial charge in [0.05, 0.1) is 17.8 Å². The number of nitrogens with one attached hydrogen (secondary N) is 1. The standard InChI is InChI=1S/C25H26F2N6O2/c1-31-11-13-32(14-12-31)24-29-22-9-10-33(25(34)28-17-5-3-2-4-6-17)16-19(22)23(30-24)35-18-7-8-20(26)21(27)15-18/h2-8,15H,9-14,16H2,1H3,(H,28,34). The Morgan fingerprint density at radius 3 is 2.49 bits per heavy atom. The van der Waals surface area contributed by atoms with Gasteiger partial charge >= 0.3 is 6.03 Å². The number of amides is 2. The van der Waals surface area contributed by atoms with Gasteiger partial charge in [0.2, 0.25) is 11.8 Å². The molecule has 0 radical (unpaired) electrons. The molecule has 2 aliphatic rings. The lowest BCUT2D eigenvalue weighted by atomic mass is 10.1. The number of anilines is 2. The molecule has 1 aromatic heterocycles. The van der Waals surface area contributed by atoms with Crippen LogP contribution < -0.4 is 15.0 Å². The van der Waals surface area contributed by atoms with Gasteiger partial charge < -0.3 is 24.8 Å². The van der Waals surface area contributed by atoms with Gasteiger partial charge in [-0.2, -0.15) is 4.98 Å². The molecule has 1 N–H and O–H groups in total. The van der Waals surface area contributed by atoms with Gasteiger partial charge in [0.1, 0.15) is 5.75 Å². The largest absolute Gasteiger partial charge is 0.438 e. The Labute approximate surface area is 202 Å². The fourth-order valence-electron chi connectivity index (χ4n) is 4.15. The zero-order valence-corrected chi connectivity index (χ0v) is 19.4. The monoisotopic (exact) mass is 480 g/mol. The Bertz CT molecular complexity index is 1220. The third-order valence-electron chi connectivity index (χ3n) is 6.21. The summed E-state index contributed by atoms with van der Waals surface area (Å²) in [5, 5.41) is 2.89. The Hall–Kier alpha value is -3.79. The summed E-state index contributed by atoms with van der Waals surface area (Å²) < 4.78 is 33.2. The van der Waals surface area contributed by atoms with E-state index in [4.69, 9.17) is 9.72 Å². The number of nitrogens with zero attached hydrogens (tertiary/aromatic N) is 5. The summed E-state index contributed by atoms with van der Waals surface area (Å²) in [6, 6.07) is 12.3. The molecule has 2 amide bonds. The summed E-state index contributed by atoms with van der Waals surface area (Å²) in [4.78, 5) is 28.3. The van der Waals surface area contributed by atoms with Crippen LogP contribution in [0.1, 0.15) is 11.3 Å². The van der Waals surface area contributed by atoms with Crippen molar-refractivity contribution in [1.82, 2.24) is 19.8 Å². The molecular formula is C25H26F2N6O2. The van der Waals surface area contributed by atoms with E-state index in [1.165, 1.54) is 6.07 Å². The van der Waals surface area contributed by atoms with E-state index >= 15 is 0 Å². The number of ether oxygens (including phenoxy) is 1. The number of para-hydroxylation sites is 1. The maximum Gasteiger partial charge on any atom is 0.322 e. The molecule has 10 heteroatoms. The van der Waals surface area contributed by atoms with Crippen LogP contribution in [0.4, 0.5) is 25.2 Å². The van der Waals surface area contributed by atoms with Crippen LogP contribution in [0.25, 0.3) is 0 Å². The average Bonchev–Trinajstić information content (AvgIpc) is 2.87. The van der Waals surface area contributed by atoms with Gasteiger partial charge in [0.25, 0.3) is 0 Å². The number of halogens is 2. The van der Waals surface area contributed by atoms with Crippen molar-refractivity contribution in [2.45, 2.75) is 13.0 Å². The summed E-state index contributed by atoms with van der Waals surface area (Å²) in [6.45, 7) is 4.02. The van der Waals surface area contributed by atoms with Gasteiger partial charge in [0, 0.05) is 50.9 Å². The molecule has 5 rings (SSSR count). The first-order valence-electron chi connectivity index (χ1n) is 11.5. The summed E-state index contributed by atoms with van der Waals surface area (Å²) in [5.41, 5.74) is 2.14. The van der Waals surface area contributed by atoms with Crippen molar-refractivity contribution in [3.05, 3.63) is 71.4 Å². The Balaban J connectivity index is 1.44.